The summed E-state index contributed by atoms with van der Waals surface area (Å²) in [6.45, 7) is 5.37. The fourth-order valence-electron chi connectivity index (χ4n) is 2.43. The van der Waals surface area contributed by atoms with Crippen LogP contribution in [0.2, 0.25) is 0 Å². The molecule has 158 valence electrons. The molecule has 0 bridgehead atoms. The van der Waals surface area contributed by atoms with Crippen LogP contribution in [0.25, 0.3) is 0 Å². The van der Waals surface area contributed by atoms with Crippen LogP contribution in [-0.4, -0.2) is 35.0 Å². The molecule has 0 aliphatic rings. The summed E-state index contributed by atoms with van der Waals surface area (Å²) in [4.78, 5) is 23.8. The predicted molar refractivity (Wildman–Crippen MR) is 105 cm³/mol. The Balaban J connectivity index is 1.78. The van der Waals surface area contributed by atoms with Gasteiger partial charge in [-0.15, -0.1) is 11.8 Å². The van der Waals surface area contributed by atoms with Crippen LogP contribution in [0.4, 0.5) is 19.0 Å². The van der Waals surface area contributed by atoms with Gasteiger partial charge >= 0.3 is 6.18 Å². The first-order valence-corrected chi connectivity index (χ1v) is 9.88. The summed E-state index contributed by atoms with van der Waals surface area (Å²) >= 11 is 1.12. The highest BCUT2D eigenvalue weighted by atomic mass is 32.2. The van der Waals surface area contributed by atoms with Gasteiger partial charge in [0.25, 0.3) is 0 Å². The van der Waals surface area contributed by atoms with Gasteiger partial charge in [-0.2, -0.15) is 13.2 Å². The number of halogens is 3. The van der Waals surface area contributed by atoms with Gasteiger partial charge in [0.05, 0.1) is 17.1 Å². The van der Waals surface area contributed by atoms with Crippen molar-refractivity contribution in [3.63, 3.8) is 0 Å². The third-order valence-electron chi connectivity index (χ3n) is 4.06. The van der Waals surface area contributed by atoms with E-state index in [-0.39, 0.29) is 29.9 Å². The van der Waals surface area contributed by atoms with E-state index in [1.807, 2.05) is 0 Å². The van der Waals surface area contributed by atoms with Crippen molar-refractivity contribution in [2.75, 3.05) is 23.4 Å². The molecule has 0 saturated heterocycles. The second-order valence-electron chi connectivity index (χ2n) is 7.10. The Morgan fingerprint density at radius 3 is 2.38 bits per heavy atom. The van der Waals surface area contributed by atoms with E-state index >= 15 is 0 Å². The molecular formula is C19H22F3N3O3S. The lowest BCUT2D eigenvalue weighted by molar-refractivity contribution is -0.137. The molecule has 0 aliphatic heterocycles. The van der Waals surface area contributed by atoms with Crippen molar-refractivity contribution < 1.29 is 27.3 Å². The molecule has 10 heteroatoms. The number of hydrogen-bond donors (Lipinski definition) is 2. The molecule has 0 aliphatic carbocycles. The number of aryl methyl sites for hydroxylation is 1. The van der Waals surface area contributed by atoms with Gasteiger partial charge in [0.1, 0.15) is 5.76 Å². The van der Waals surface area contributed by atoms with Gasteiger partial charge in [0.15, 0.2) is 5.82 Å². The molecule has 29 heavy (non-hydrogen) atoms. The van der Waals surface area contributed by atoms with Crippen LogP contribution < -0.4 is 10.6 Å². The number of amides is 2. The zero-order chi connectivity index (χ0) is 21.7. The summed E-state index contributed by atoms with van der Waals surface area (Å²) in [7, 11) is 0. The zero-order valence-electron chi connectivity index (χ0n) is 16.2. The van der Waals surface area contributed by atoms with E-state index in [2.05, 4.69) is 15.8 Å². The monoisotopic (exact) mass is 429 g/mol. The Kier molecular flexibility index (Phi) is 7.34. The number of aromatic nitrogens is 1. The molecule has 0 spiro atoms. The maximum absolute atomic E-state index is 12.9. The lowest BCUT2D eigenvalue weighted by Crippen LogP contribution is -2.37. The lowest BCUT2D eigenvalue weighted by atomic mass is 9.83. The SMILES string of the molecule is Cc1cc(NC(=O)CSCC(=O)NCC(C)(C)c2cccc(C(F)(F)F)c2)no1. The van der Waals surface area contributed by atoms with E-state index in [1.54, 1.807) is 32.9 Å². The minimum atomic E-state index is -4.42. The molecule has 1 aromatic carbocycles. The Hall–Kier alpha value is -2.49. The molecule has 0 radical (unpaired) electrons. The first-order chi connectivity index (χ1) is 13.5. The number of benzene rings is 1. The van der Waals surface area contributed by atoms with Crippen LogP contribution in [-0.2, 0) is 21.2 Å². The molecule has 2 N–H and O–H groups in total. The van der Waals surface area contributed by atoms with Gasteiger partial charge in [0.2, 0.25) is 11.8 Å². The van der Waals surface area contributed by atoms with E-state index in [0.717, 1.165) is 23.9 Å². The topological polar surface area (TPSA) is 84.2 Å². The van der Waals surface area contributed by atoms with Gasteiger partial charge in [-0.25, -0.2) is 0 Å². The van der Waals surface area contributed by atoms with E-state index in [4.69, 9.17) is 4.52 Å². The molecule has 0 unspecified atom stereocenters. The summed E-state index contributed by atoms with van der Waals surface area (Å²) < 4.78 is 43.5. The minimum Gasteiger partial charge on any atom is -0.360 e. The first kappa shape index (κ1) is 22.8. The number of carbonyl (C=O) groups excluding carboxylic acids is 2. The van der Waals surface area contributed by atoms with Crippen molar-refractivity contribution in [3.8, 4) is 0 Å². The molecule has 2 aromatic rings. The van der Waals surface area contributed by atoms with Crippen molar-refractivity contribution in [1.29, 1.82) is 0 Å². The van der Waals surface area contributed by atoms with E-state index in [0.29, 0.717) is 17.1 Å². The molecule has 0 atom stereocenters. The summed E-state index contributed by atoms with van der Waals surface area (Å²) in [5, 5.41) is 8.89. The van der Waals surface area contributed by atoms with Crippen molar-refractivity contribution in [2.24, 2.45) is 0 Å². The van der Waals surface area contributed by atoms with Gasteiger partial charge in [-0.1, -0.05) is 37.2 Å². The summed E-state index contributed by atoms with van der Waals surface area (Å²) in [5.74, 6) is 0.344. The Morgan fingerprint density at radius 2 is 1.76 bits per heavy atom. The van der Waals surface area contributed by atoms with Crippen LogP contribution in [0.1, 0.15) is 30.7 Å². The molecule has 2 amide bonds. The smallest absolute Gasteiger partial charge is 0.360 e. The number of nitrogens with one attached hydrogen (secondary N) is 2. The molecular weight excluding hydrogens is 407 g/mol. The number of carbonyl (C=O) groups is 2. The van der Waals surface area contributed by atoms with Crippen molar-refractivity contribution in [3.05, 3.63) is 47.2 Å². The van der Waals surface area contributed by atoms with Crippen LogP contribution in [0, 0.1) is 6.92 Å². The maximum atomic E-state index is 12.9. The van der Waals surface area contributed by atoms with Gasteiger partial charge in [-0.3, -0.25) is 9.59 Å². The quantitative estimate of drug-likeness (QED) is 0.668. The highest BCUT2D eigenvalue weighted by Gasteiger charge is 2.32. The summed E-state index contributed by atoms with van der Waals surface area (Å²) in [6, 6.07) is 6.64. The van der Waals surface area contributed by atoms with Gasteiger partial charge in [0, 0.05) is 18.0 Å². The van der Waals surface area contributed by atoms with Crippen molar-refractivity contribution >= 4 is 29.4 Å². The van der Waals surface area contributed by atoms with Gasteiger partial charge < -0.3 is 15.2 Å². The minimum absolute atomic E-state index is 0.0456. The number of hydrogen-bond acceptors (Lipinski definition) is 5. The molecule has 2 rings (SSSR count). The molecule has 6 nitrogen and oxygen atoms in total. The summed E-state index contributed by atoms with van der Waals surface area (Å²) in [6.07, 6.45) is -4.42. The van der Waals surface area contributed by atoms with E-state index in [1.165, 1.54) is 6.07 Å². The molecule has 1 heterocycles. The average molecular weight is 429 g/mol. The van der Waals surface area contributed by atoms with Crippen LogP contribution in [0.3, 0.4) is 0 Å². The standard InChI is InChI=1S/C19H22F3N3O3S/c1-12-7-15(25-28-12)24-17(27)10-29-9-16(26)23-11-18(2,3)13-5-4-6-14(8-13)19(20,21)22/h4-8H,9-11H2,1-3H3,(H,23,26)(H,24,25,27). The second kappa shape index (κ2) is 9.34. The maximum Gasteiger partial charge on any atom is 0.416 e. The second-order valence-corrected chi connectivity index (χ2v) is 8.09. The van der Waals surface area contributed by atoms with Gasteiger partial charge in [-0.05, 0) is 18.6 Å². The number of rotatable bonds is 8. The Bertz CT molecular complexity index is 866. The number of alkyl halides is 3. The summed E-state index contributed by atoms with van der Waals surface area (Å²) in [5.41, 5.74) is -0.940. The third-order valence-corrected chi connectivity index (χ3v) is 4.99. The Labute approximate surface area is 170 Å². The zero-order valence-corrected chi connectivity index (χ0v) is 17.0. The number of nitrogens with zero attached hydrogens (tertiary/aromatic N) is 1. The fourth-order valence-corrected chi connectivity index (χ4v) is 3.08. The molecule has 0 fully saturated rings. The normalized spacial score (nSPS) is 11.9. The van der Waals surface area contributed by atoms with Crippen molar-refractivity contribution in [1.82, 2.24) is 10.5 Å². The van der Waals surface area contributed by atoms with Crippen molar-refractivity contribution in [2.45, 2.75) is 32.4 Å². The Morgan fingerprint density at radius 1 is 1.10 bits per heavy atom. The van der Waals surface area contributed by atoms with Crippen LogP contribution >= 0.6 is 11.8 Å². The molecule has 0 saturated carbocycles. The largest absolute Gasteiger partial charge is 0.416 e. The van der Waals surface area contributed by atoms with Crippen LogP contribution in [0.5, 0.6) is 0 Å². The van der Waals surface area contributed by atoms with Crippen LogP contribution in [0.15, 0.2) is 34.9 Å². The van der Waals surface area contributed by atoms with E-state index in [9.17, 15) is 22.8 Å². The molecule has 1 aromatic heterocycles. The third kappa shape index (κ3) is 7.12. The lowest BCUT2D eigenvalue weighted by Gasteiger charge is -2.26. The highest BCUT2D eigenvalue weighted by Crippen LogP contribution is 2.32. The predicted octanol–water partition coefficient (Wildman–Crippen LogP) is 3.77. The number of thioether (sulfide) groups is 1. The highest BCUT2D eigenvalue weighted by molar-refractivity contribution is 8.00. The van der Waals surface area contributed by atoms with E-state index < -0.39 is 17.2 Å². The fraction of sp³-hybridized carbons (Fsp3) is 0.421. The number of anilines is 1. The average Bonchev–Trinajstić information content (AvgIpc) is 3.04. The first-order valence-electron chi connectivity index (χ1n) is 8.73.